The van der Waals surface area contributed by atoms with Gasteiger partial charge in [0.05, 0.1) is 17.3 Å². The molecule has 0 bridgehead atoms. The lowest BCUT2D eigenvalue weighted by Crippen LogP contribution is -2.33. The van der Waals surface area contributed by atoms with Crippen molar-refractivity contribution in [2.24, 2.45) is 5.92 Å². The summed E-state index contributed by atoms with van der Waals surface area (Å²) < 4.78 is 13.0. The summed E-state index contributed by atoms with van der Waals surface area (Å²) in [4.78, 5) is 12.1. The first-order valence-electron chi connectivity index (χ1n) is 7.60. The highest BCUT2D eigenvalue weighted by Gasteiger charge is 2.17. The first kappa shape index (κ1) is 18.7. The first-order chi connectivity index (χ1) is 11.4. The molecular weight excluding hydrogens is 350 g/mol. The molecule has 2 aromatic carbocycles. The molecule has 0 heterocycles. The minimum atomic E-state index is -0.446. The Morgan fingerprint density at radius 1 is 1.12 bits per heavy atom. The van der Waals surface area contributed by atoms with Crippen LogP contribution < -0.4 is 10.6 Å². The van der Waals surface area contributed by atoms with Gasteiger partial charge in [0.1, 0.15) is 5.82 Å². The van der Waals surface area contributed by atoms with Crippen LogP contribution in [0.4, 0.5) is 10.1 Å². The third-order valence-electron chi connectivity index (χ3n) is 3.58. The average Bonchev–Trinajstić information content (AvgIpc) is 2.52. The van der Waals surface area contributed by atoms with E-state index in [0.717, 1.165) is 11.6 Å². The predicted octanol–water partition coefficient (Wildman–Crippen LogP) is 5.06. The minimum absolute atomic E-state index is 0.0108. The van der Waals surface area contributed by atoms with Crippen LogP contribution in [0.2, 0.25) is 10.0 Å². The summed E-state index contributed by atoms with van der Waals surface area (Å²) in [7, 11) is 0. The van der Waals surface area contributed by atoms with E-state index in [0.29, 0.717) is 10.7 Å². The van der Waals surface area contributed by atoms with Gasteiger partial charge in [0, 0.05) is 11.1 Å². The standard InChI is InChI=1S/C18H19Cl2FN2O/c1-11(2)18(12-3-5-13(19)6-4-12)22-10-17(24)23-16-8-7-14(21)9-15(16)20/h3-9,11,18,22H,10H2,1-2H3,(H,23,24). The normalized spacial score (nSPS) is 12.2. The zero-order valence-corrected chi connectivity index (χ0v) is 15.0. The van der Waals surface area contributed by atoms with Crippen LogP contribution in [-0.4, -0.2) is 12.5 Å². The fourth-order valence-electron chi connectivity index (χ4n) is 2.40. The lowest BCUT2D eigenvalue weighted by atomic mass is 9.96. The molecule has 0 saturated heterocycles. The summed E-state index contributed by atoms with van der Waals surface area (Å²) in [6.45, 7) is 4.25. The second-order valence-electron chi connectivity index (χ2n) is 5.83. The van der Waals surface area contributed by atoms with Gasteiger partial charge in [-0.1, -0.05) is 49.2 Å². The van der Waals surface area contributed by atoms with Gasteiger partial charge < -0.3 is 10.6 Å². The Kier molecular flexibility index (Phi) is 6.60. The quantitative estimate of drug-likeness (QED) is 0.748. The molecule has 2 aromatic rings. The first-order valence-corrected chi connectivity index (χ1v) is 8.36. The topological polar surface area (TPSA) is 41.1 Å². The number of anilines is 1. The van der Waals surface area contributed by atoms with Gasteiger partial charge >= 0.3 is 0 Å². The summed E-state index contributed by atoms with van der Waals surface area (Å²) in [6, 6.07) is 11.4. The molecule has 2 rings (SSSR count). The van der Waals surface area contributed by atoms with Gasteiger partial charge in [0.15, 0.2) is 0 Å². The molecule has 1 unspecified atom stereocenters. The number of benzene rings is 2. The van der Waals surface area contributed by atoms with E-state index in [1.54, 1.807) is 0 Å². The fraction of sp³-hybridized carbons (Fsp3) is 0.278. The predicted molar refractivity (Wildman–Crippen MR) is 97.1 cm³/mol. The van der Waals surface area contributed by atoms with Crippen LogP contribution in [0.1, 0.15) is 25.5 Å². The molecule has 3 nitrogen and oxygen atoms in total. The number of carbonyl (C=O) groups is 1. The number of nitrogens with one attached hydrogen (secondary N) is 2. The van der Waals surface area contributed by atoms with Crippen molar-refractivity contribution < 1.29 is 9.18 Å². The number of hydrogen-bond donors (Lipinski definition) is 2. The number of halogens is 3. The van der Waals surface area contributed by atoms with E-state index >= 15 is 0 Å². The van der Waals surface area contributed by atoms with Crippen LogP contribution in [0.5, 0.6) is 0 Å². The monoisotopic (exact) mass is 368 g/mol. The highest BCUT2D eigenvalue weighted by molar-refractivity contribution is 6.33. The zero-order valence-electron chi connectivity index (χ0n) is 13.4. The van der Waals surface area contributed by atoms with Gasteiger partial charge in [-0.05, 0) is 41.8 Å². The smallest absolute Gasteiger partial charge is 0.238 e. The molecular formula is C18H19Cl2FN2O. The third kappa shape index (κ3) is 5.20. The van der Waals surface area contributed by atoms with Crippen molar-refractivity contribution in [2.45, 2.75) is 19.9 Å². The Labute approximate surface area is 151 Å². The van der Waals surface area contributed by atoms with Gasteiger partial charge in [0.2, 0.25) is 5.91 Å². The molecule has 0 radical (unpaired) electrons. The summed E-state index contributed by atoms with van der Waals surface area (Å²) in [5, 5.41) is 6.74. The highest BCUT2D eigenvalue weighted by atomic mass is 35.5. The third-order valence-corrected chi connectivity index (χ3v) is 4.15. The van der Waals surface area contributed by atoms with Crippen molar-refractivity contribution in [1.82, 2.24) is 5.32 Å². The Balaban J connectivity index is 1.98. The Morgan fingerprint density at radius 3 is 2.38 bits per heavy atom. The largest absolute Gasteiger partial charge is 0.324 e. The lowest BCUT2D eigenvalue weighted by Gasteiger charge is -2.23. The fourth-order valence-corrected chi connectivity index (χ4v) is 2.74. The molecule has 24 heavy (non-hydrogen) atoms. The van der Waals surface area contributed by atoms with Crippen LogP contribution in [0, 0.1) is 11.7 Å². The molecule has 1 amide bonds. The maximum absolute atomic E-state index is 13.0. The van der Waals surface area contributed by atoms with Crippen molar-refractivity contribution in [2.75, 3.05) is 11.9 Å². The average molecular weight is 369 g/mol. The molecule has 0 aromatic heterocycles. The molecule has 128 valence electrons. The molecule has 0 aliphatic rings. The lowest BCUT2D eigenvalue weighted by molar-refractivity contribution is -0.115. The number of hydrogen-bond acceptors (Lipinski definition) is 2. The maximum atomic E-state index is 13.0. The second-order valence-corrected chi connectivity index (χ2v) is 6.67. The minimum Gasteiger partial charge on any atom is -0.324 e. The van der Waals surface area contributed by atoms with Crippen molar-refractivity contribution in [3.05, 3.63) is 63.9 Å². The van der Waals surface area contributed by atoms with E-state index < -0.39 is 5.82 Å². The molecule has 6 heteroatoms. The number of rotatable bonds is 6. The van der Waals surface area contributed by atoms with E-state index in [1.807, 2.05) is 24.3 Å². The van der Waals surface area contributed by atoms with Crippen LogP contribution >= 0.6 is 23.2 Å². The summed E-state index contributed by atoms with van der Waals surface area (Å²) in [5.74, 6) is -0.407. The SMILES string of the molecule is CC(C)C(NCC(=O)Nc1ccc(F)cc1Cl)c1ccc(Cl)cc1. The van der Waals surface area contributed by atoms with Crippen LogP contribution in [0.15, 0.2) is 42.5 Å². The van der Waals surface area contributed by atoms with E-state index in [2.05, 4.69) is 24.5 Å². The van der Waals surface area contributed by atoms with Crippen molar-refractivity contribution in [1.29, 1.82) is 0 Å². The maximum Gasteiger partial charge on any atom is 0.238 e. The number of carbonyl (C=O) groups excluding carboxylic acids is 1. The summed E-state index contributed by atoms with van der Waals surface area (Å²) in [6.07, 6.45) is 0. The highest BCUT2D eigenvalue weighted by Crippen LogP contribution is 2.24. The van der Waals surface area contributed by atoms with Crippen molar-refractivity contribution >= 4 is 34.8 Å². The van der Waals surface area contributed by atoms with E-state index in [-0.39, 0.29) is 29.4 Å². The van der Waals surface area contributed by atoms with Gasteiger partial charge in [-0.2, -0.15) is 0 Å². The number of amides is 1. The van der Waals surface area contributed by atoms with Gasteiger partial charge in [0.25, 0.3) is 0 Å². The molecule has 0 fully saturated rings. The Bertz CT molecular complexity index is 705. The van der Waals surface area contributed by atoms with Gasteiger partial charge in [-0.15, -0.1) is 0 Å². The van der Waals surface area contributed by atoms with Crippen molar-refractivity contribution in [3.63, 3.8) is 0 Å². The Morgan fingerprint density at radius 2 is 1.79 bits per heavy atom. The molecule has 0 spiro atoms. The van der Waals surface area contributed by atoms with E-state index in [9.17, 15) is 9.18 Å². The van der Waals surface area contributed by atoms with Crippen LogP contribution in [0.3, 0.4) is 0 Å². The molecule has 1 atom stereocenters. The second kappa shape index (κ2) is 8.47. The molecule has 2 N–H and O–H groups in total. The van der Waals surface area contributed by atoms with E-state index in [4.69, 9.17) is 23.2 Å². The summed E-state index contributed by atoms with van der Waals surface area (Å²) in [5.41, 5.74) is 1.44. The molecule has 0 aliphatic heterocycles. The molecule has 0 aliphatic carbocycles. The van der Waals surface area contributed by atoms with Crippen LogP contribution in [0.25, 0.3) is 0 Å². The van der Waals surface area contributed by atoms with E-state index in [1.165, 1.54) is 12.1 Å². The molecule has 0 saturated carbocycles. The van der Waals surface area contributed by atoms with Gasteiger partial charge in [-0.25, -0.2) is 4.39 Å². The van der Waals surface area contributed by atoms with Crippen LogP contribution in [-0.2, 0) is 4.79 Å². The summed E-state index contributed by atoms with van der Waals surface area (Å²) >= 11 is 11.8. The zero-order chi connectivity index (χ0) is 17.7. The van der Waals surface area contributed by atoms with Gasteiger partial charge in [-0.3, -0.25) is 4.79 Å². The van der Waals surface area contributed by atoms with Crippen molar-refractivity contribution in [3.8, 4) is 0 Å². The Hall–Kier alpha value is -1.62.